The van der Waals surface area contributed by atoms with Gasteiger partial charge in [-0.15, -0.1) is 0 Å². The Morgan fingerprint density at radius 2 is 1.81 bits per heavy atom. The Morgan fingerprint density at radius 3 is 2.61 bits per heavy atom. The number of pyridine rings is 1. The number of halogens is 1. The Balaban J connectivity index is 1.49. The van der Waals surface area contributed by atoms with Crippen molar-refractivity contribution in [2.75, 3.05) is 7.11 Å². The van der Waals surface area contributed by atoms with Crippen molar-refractivity contribution in [1.29, 1.82) is 0 Å². The third kappa shape index (κ3) is 6.31. The highest BCUT2D eigenvalue weighted by Gasteiger charge is 2.17. The van der Waals surface area contributed by atoms with Gasteiger partial charge in [0.2, 0.25) is 0 Å². The molecule has 2 unspecified atom stereocenters. The van der Waals surface area contributed by atoms with Crippen molar-refractivity contribution >= 4 is 28.5 Å². The molecule has 0 amide bonds. The molecule has 1 heterocycles. The first-order chi connectivity index (χ1) is 17.5. The highest BCUT2D eigenvalue weighted by molar-refractivity contribution is 6.31. The molecule has 1 aromatic heterocycles. The lowest BCUT2D eigenvalue weighted by Gasteiger charge is -2.18. The second-order valence-corrected chi connectivity index (χ2v) is 9.65. The molecule has 2 atom stereocenters. The van der Waals surface area contributed by atoms with E-state index in [1.54, 1.807) is 6.07 Å². The predicted octanol–water partition coefficient (Wildman–Crippen LogP) is 7.47. The Morgan fingerprint density at radius 1 is 1.00 bits per heavy atom. The van der Waals surface area contributed by atoms with Crippen LogP contribution < -0.4 is 0 Å². The van der Waals surface area contributed by atoms with Crippen LogP contribution in [0, 0.1) is 0 Å². The molecule has 0 saturated carbocycles. The third-order valence-electron chi connectivity index (χ3n) is 6.66. The van der Waals surface area contributed by atoms with Crippen molar-refractivity contribution < 1.29 is 14.6 Å². The van der Waals surface area contributed by atoms with Gasteiger partial charge in [0.05, 0.1) is 24.3 Å². The summed E-state index contributed by atoms with van der Waals surface area (Å²) in [5, 5.41) is 12.7. The summed E-state index contributed by atoms with van der Waals surface area (Å²) < 4.78 is 4.89. The van der Waals surface area contributed by atoms with Gasteiger partial charge in [0.1, 0.15) is 0 Å². The summed E-state index contributed by atoms with van der Waals surface area (Å²) in [6, 6.07) is 25.6. The van der Waals surface area contributed by atoms with Crippen LogP contribution >= 0.6 is 11.6 Å². The zero-order valence-corrected chi connectivity index (χ0v) is 21.5. The molecule has 4 aromatic rings. The van der Waals surface area contributed by atoms with Gasteiger partial charge in [-0.05, 0) is 66.6 Å². The smallest absolute Gasteiger partial charge is 0.338 e. The number of rotatable bonds is 10. The maximum Gasteiger partial charge on any atom is 0.338 e. The zero-order valence-electron chi connectivity index (χ0n) is 20.8. The molecule has 1 N–H and O–H groups in total. The first-order valence-electron chi connectivity index (χ1n) is 12.5. The quantitative estimate of drug-likeness (QED) is 0.229. The number of hydrogen-bond donors (Lipinski definition) is 1. The summed E-state index contributed by atoms with van der Waals surface area (Å²) in [6.07, 6.45) is 3.40. The molecule has 0 fully saturated rings. The van der Waals surface area contributed by atoms with Crippen LogP contribution in [0.1, 0.15) is 71.0 Å². The first-order valence-corrected chi connectivity index (χ1v) is 12.9. The van der Waals surface area contributed by atoms with Gasteiger partial charge in [0.15, 0.2) is 0 Å². The molecule has 0 saturated heterocycles. The molecular formula is C31H32ClNO3. The molecular weight excluding hydrogens is 470 g/mol. The molecule has 186 valence electrons. The van der Waals surface area contributed by atoms with E-state index in [1.807, 2.05) is 48.5 Å². The standard InChI is InChI=1S/C31H32ClNO3/c1-3-7-24(28-16-13-23-12-15-26(32)20-29(23)33-28)18-21-8-6-10-25(19-21)30(34)17-14-22-9-4-5-11-27(22)31(35)36-2/h4-6,8-13,15-16,19-20,24,30,34H,3,7,14,17-18H2,1-2H3. The number of hydrogen-bond acceptors (Lipinski definition) is 4. The SMILES string of the molecule is CCCC(Cc1cccc(C(O)CCc2ccccc2C(=O)OC)c1)c1ccc2ccc(Cl)cc2n1. The molecule has 3 aromatic carbocycles. The van der Waals surface area contributed by atoms with Crippen LogP contribution in [0.15, 0.2) is 78.9 Å². The fourth-order valence-electron chi connectivity index (χ4n) is 4.75. The number of methoxy groups -OCH3 is 1. The number of aryl methyl sites for hydroxylation is 1. The summed E-state index contributed by atoms with van der Waals surface area (Å²) >= 11 is 6.20. The fourth-order valence-corrected chi connectivity index (χ4v) is 4.92. The number of aliphatic hydroxyl groups is 1. The molecule has 0 bridgehead atoms. The van der Waals surface area contributed by atoms with Gasteiger partial charge < -0.3 is 9.84 Å². The lowest BCUT2D eigenvalue weighted by atomic mass is 9.90. The Hall–Kier alpha value is -3.21. The summed E-state index contributed by atoms with van der Waals surface area (Å²) in [7, 11) is 1.38. The number of carbonyl (C=O) groups excluding carboxylic acids is 1. The van der Waals surface area contributed by atoms with Crippen LogP contribution in [0.4, 0.5) is 0 Å². The molecule has 4 rings (SSSR count). The van der Waals surface area contributed by atoms with E-state index in [2.05, 4.69) is 31.2 Å². The molecule has 36 heavy (non-hydrogen) atoms. The largest absolute Gasteiger partial charge is 0.465 e. The molecule has 5 heteroatoms. The van der Waals surface area contributed by atoms with E-state index in [9.17, 15) is 9.90 Å². The zero-order chi connectivity index (χ0) is 25.5. The van der Waals surface area contributed by atoms with E-state index in [4.69, 9.17) is 21.3 Å². The number of ether oxygens (including phenoxy) is 1. The number of carbonyl (C=O) groups is 1. The van der Waals surface area contributed by atoms with Crippen LogP contribution in [-0.4, -0.2) is 23.2 Å². The Labute approximate surface area is 217 Å². The van der Waals surface area contributed by atoms with E-state index in [-0.39, 0.29) is 11.9 Å². The van der Waals surface area contributed by atoms with Gasteiger partial charge in [-0.1, -0.05) is 79.5 Å². The monoisotopic (exact) mass is 501 g/mol. The number of esters is 1. The van der Waals surface area contributed by atoms with E-state index in [0.29, 0.717) is 23.4 Å². The van der Waals surface area contributed by atoms with Gasteiger partial charge in [-0.25, -0.2) is 4.79 Å². The van der Waals surface area contributed by atoms with Crippen LogP contribution in [0.3, 0.4) is 0 Å². The molecule has 0 aliphatic carbocycles. The summed E-state index contributed by atoms with van der Waals surface area (Å²) in [5.41, 5.74) is 5.47. The van der Waals surface area contributed by atoms with Gasteiger partial charge in [0, 0.05) is 22.0 Å². The van der Waals surface area contributed by atoms with E-state index >= 15 is 0 Å². The van der Waals surface area contributed by atoms with Crippen LogP contribution in [0.25, 0.3) is 10.9 Å². The average molecular weight is 502 g/mol. The number of nitrogens with zero attached hydrogens (tertiary/aromatic N) is 1. The van der Waals surface area contributed by atoms with E-state index in [1.165, 1.54) is 12.7 Å². The second kappa shape index (κ2) is 12.2. The summed E-state index contributed by atoms with van der Waals surface area (Å²) in [5.74, 6) is -0.0775. The van der Waals surface area contributed by atoms with Crippen molar-refractivity contribution in [3.63, 3.8) is 0 Å². The first kappa shape index (κ1) is 25.9. The predicted molar refractivity (Wildman–Crippen MR) is 146 cm³/mol. The van der Waals surface area contributed by atoms with E-state index in [0.717, 1.165) is 47.0 Å². The minimum Gasteiger partial charge on any atom is -0.465 e. The number of benzene rings is 3. The minimum atomic E-state index is -0.624. The summed E-state index contributed by atoms with van der Waals surface area (Å²) in [4.78, 5) is 17.0. The molecule has 4 nitrogen and oxygen atoms in total. The van der Waals surface area contributed by atoms with Gasteiger partial charge in [-0.2, -0.15) is 0 Å². The van der Waals surface area contributed by atoms with Crippen LogP contribution in [-0.2, 0) is 17.6 Å². The van der Waals surface area contributed by atoms with Crippen molar-refractivity contribution in [2.45, 2.75) is 51.0 Å². The molecule has 0 aliphatic rings. The van der Waals surface area contributed by atoms with Gasteiger partial charge >= 0.3 is 5.97 Å². The highest BCUT2D eigenvalue weighted by atomic mass is 35.5. The maximum atomic E-state index is 12.1. The average Bonchev–Trinajstić information content (AvgIpc) is 2.91. The van der Waals surface area contributed by atoms with Crippen LogP contribution in [0.5, 0.6) is 0 Å². The number of fused-ring (bicyclic) bond motifs is 1. The van der Waals surface area contributed by atoms with Crippen molar-refractivity contribution in [1.82, 2.24) is 4.98 Å². The lowest BCUT2D eigenvalue weighted by molar-refractivity contribution is 0.0599. The highest BCUT2D eigenvalue weighted by Crippen LogP contribution is 2.29. The van der Waals surface area contributed by atoms with Crippen molar-refractivity contribution in [3.8, 4) is 0 Å². The minimum absolute atomic E-state index is 0.276. The molecule has 0 radical (unpaired) electrons. The number of aliphatic hydroxyl groups excluding tert-OH is 1. The normalized spacial score (nSPS) is 12.9. The van der Waals surface area contributed by atoms with Gasteiger partial charge in [0.25, 0.3) is 0 Å². The topological polar surface area (TPSA) is 59.4 Å². The number of aromatic nitrogens is 1. The second-order valence-electron chi connectivity index (χ2n) is 9.21. The lowest BCUT2D eigenvalue weighted by Crippen LogP contribution is -2.08. The van der Waals surface area contributed by atoms with E-state index < -0.39 is 6.10 Å². The Kier molecular flexibility index (Phi) is 8.74. The van der Waals surface area contributed by atoms with Gasteiger partial charge in [-0.3, -0.25) is 4.98 Å². The third-order valence-corrected chi connectivity index (χ3v) is 6.89. The van der Waals surface area contributed by atoms with Crippen molar-refractivity contribution in [3.05, 3.63) is 112 Å². The maximum absolute atomic E-state index is 12.1. The fraction of sp³-hybridized carbons (Fsp3) is 0.290. The van der Waals surface area contributed by atoms with Crippen LogP contribution in [0.2, 0.25) is 5.02 Å². The molecule has 0 spiro atoms. The summed E-state index contributed by atoms with van der Waals surface area (Å²) in [6.45, 7) is 2.19. The Bertz CT molecular complexity index is 1340. The molecule has 0 aliphatic heterocycles. The van der Waals surface area contributed by atoms with Crippen molar-refractivity contribution in [2.24, 2.45) is 0 Å².